The fourth-order valence-electron chi connectivity index (χ4n) is 2.57. The largest absolute Gasteiger partial charge is 0.368 e. The normalized spacial score (nSPS) is 10.6. The zero-order valence-electron chi connectivity index (χ0n) is 15.3. The lowest BCUT2D eigenvalue weighted by molar-refractivity contribution is -0.385. The number of benzene rings is 1. The molecule has 0 radical (unpaired) electrons. The van der Waals surface area contributed by atoms with E-state index in [2.05, 4.69) is 25.6 Å². The van der Waals surface area contributed by atoms with Gasteiger partial charge in [0.15, 0.2) is 0 Å². The van der Waals surface area contributed by atoms with E-state index in [4.69, 9.17) is 23.2 Å². The van der Waals surface area contributed by atoms with Gasteiger partial charge in [-0.05, 0) is 42.7 Å². The second kappa shape index (κ2) is 9.99. The van der Waals surface area contributed by atoms with E-state index >= 15 is 0 Å². The van der Waals surface area contributed by atoms with Crippen molar-refractivity contribution >= 4 is 40.7 Å². The number of nitro groups is 1. The second-order valence-electron chi connectivity index (χ2n) is 6.12. The molecule has 0 spiro atoms. The number of pyridine rings is 1. The van der Waals surface area contributed by atoms with Gasteiger partial charge in [0.25, 0.3) is 5.69 Å². The first-order chi connectivity index (χ1) is 14.0. The number of aromatic nitrogens is 3. The fourth-order valence-corrected chi connectivity index (χ4v) is 3.07. The zero-order chi connectivity index (χ0) is 20.6. The highest BCUT2D eigenvalue weighted by atomic mass is 35.5. The van der Waals surface area contributed by atoms with E-state index < -0.39 is 4.92 Å². The van der Waals surface area contributed by atoms with Gasteiger partial charge >= 0.3 is 0 Å². The van der Waals surface area contributed by atoms with Gasteiger partial charge in [0.05, 0.1) is 4.92 Å². The van der Waals surface area contributed by atoms with Gasteiger partial charge in [-0.15, -0.1) is 0 Å². The van der Waals surface area contributed by atoms with Crippen molar-refractivity contribution in [1.82, 2.24) is 15.0 Å². The Hall–Kier alpha value is -2.97. The molecule has 0 aliphatic carbocycles. The lowest BCUT2D eigenvalue weighted by Gasteiger charge is -2.08. The maximum Gasteiger partial charge on any atom is 0.287 e. The van der Waals surface area contributed by atoms with Gasteiger partial charge in [-0.1, -0.05) is 29.3 Å². The summed E-state index contributed by atoms with van der Waals surface area (Å²) in [4.78, 5) is 22.9. The van der Waals surface area contributed by atoms with Crippen LogP contribution in [0.5, 0.6) is 0 Å². The van der Waals surface area contributed by atoms with Crippen LogP contribution >= 0.6 is 23.2 Å². The molecule has 3 aromatic rings. The maximum atomic E-state index is 10.6. The summed E-state index contributed by atoms with van der Waals surface area (Å²) in [7, 11) is 0. The molecular formula is C19H18Cl2N6O2. The standard InChI is InChI=1S/C19H18Cl2N6O2/c20-14-3-1-13(17(21)11-14)2-4-15-7-8-23-19(26-15)24-10-9-22-18-6-5-16(12-25-18)27(28)29/h1,3,5-8,11-12H,2,4,9-10H2,(H,22,25)(H,23,24,26). The minimum absolute atomic E-state index is 0.0428. The van der Waals surface area contributed by atoms with Crippen LogP contribution in [0, 0.1) is 10.1 Å². The van der Waals surface area contributed by atoms with Crippen molar-refractivity contribution in [2.24, 2.45) is 0 Å². The number of rotatable bonds is 9. The summed E-state index contributed by atoms with van der Waals surface area (Å²) in [5, 5.41) is 18.1. The van der Waals surface area contributed by atoms with Crippen molar-refractivity contribution in [3.8, 4) is 0 Å². The summed E-state index contributed by atoms with van der Waals surface area (Å²) in [6, 6.07) is 10.3. The van der Waals surface area contributed by atoms with Gasteiger partial charge < -0.3 is 10.6 Å². The van der Waals surface area contributed by atoms with Crippen molar-refractivity contribution in [1.29, 1.82) is 0 Å². The lowest BCUT2D eigenvalue weighted by atomic mass is 10.1. The lowest BCUT2D eigenvalue weighted by Crippen LogP contribution is -2.16. The Kier molecular flexibility index (Phi) is 7.15. The molecule has 10 heteroatoms. The molecule has 0 aliphatic rings. The molecule has 2 aromatic heterocycles. The highest BCUT2D eigenvalue weighted by molar-refractivity contribution is 6.35. The molecule has 1 aromatic carbocycles. The highest BCUT2D eigenvalue weighted by Crippen LogP contribution is 2.22. The smallest absolute Gasteiger partial charge is 0.287 e. The summed E-state index contributed by atoms with van der Waals surface area (Å²) in [5.74, 6) is 1.09. The predicted molar refractivity (Wildman–Crippen MR) is 114 cm³/mol. The first-order valence-corrected chi connectivity index (χ1v) is 9.61. The van der Waals surface area contributed by atoms with Crippen molar-refractivity contribution in [3.63, 3.8) is 0 Å². The van der Waals surface area contributed by atoms with Crippen LogP contribution in [0.15, 0.2) is 48.8 Å². The summed E-state index contributed by atoms with van der Waals surface area (Å²) in [5.41, 5.74) is 1.88. The number of hydrogen-bond acceptors (Lipinski definition) is 7. The maximum absolute atomic E-state index is 10.6. The number of hydrogen-bond donors (Lipinski definition) is 2. The van der Waals surface area contributed by atoms with Gasteiger partial charge in [-0.3, -0.25) is 10.1 Å². The topological polar surface area (TPSA) is 106 Å². The number of anilines is 2. The monoisotopic (exact) mass is 432 g/mol. The molecule has 0 bridgehead atoms. The molecule has 0 fully saturated rings. The van der Waals surface area contributed by atoms with Gasteiger partial charge in [0.2, 0.25) is 5.95 Å². The van der Waals surface area contributed by atoms with Gasteiger partial charge in [0, 0.05) is 41.1 Å². The Morgan fingerprint density at radius 2 is 1.83 bits per heavy atom. The molecular weight excluding hydrogens is 415 g/mol. The van der Waals surface area contributed by atoms with Crippen LogP contribution in [0.1, 0.15) is 11.3 Å². The summed E-state index contributed by atoms with van der Waals surface area (Å²) >= 11 is 12.1. The minimum Gasteiger partial charge on any atom is -0.368 e. The van der Waals surface area contributed by atoms with Gasteiger partial charge in [0.1, 0.15) is 12.0 Å². The van der Waals surface area contributed by atoms with Crippen LogP contribution in [-0.2, 0) is 12.8 Å². The second-order valence-corrected chi connectivity index (χ2v) is 6.96. The molecule has 0 saturated heterocycles. The summed E-state index contributed by atoms with van der Waals surface area (Å²) < 4.78 is 0. The SMILES string of the molecule is O=[N+]([O-])c1ccc(NCCNc2nccc(CCc3ccc(Cl)cc3Cl)n2)nc1. The molecule has 2 N–H and O–H groups in total. The minimum atomic E-state index is -0.483. The summed E-state index contributed by atoms with van der Waals surface area (Å²) in [6.45, 7) is 1.11. The van der Waals surface area contributed by atoms with Crippen molar-refractivity contribution in [3.05, 3.63) is 80.2 Å². The van der Waals surface area contributed by atoms with E-state index in [1.165, 1.54) is 12.3 Å². The first-order valence-electron chi connectivity index (χ1n) is 8.85. The van der Waals surface area contributed by atoms with E-state index in [1.54, 1.807) is 18.3 Å². The molecule has 29 heavy (non-hydrogen) atoms. The molecule has 8 nitrogen and oxygen atoms in total. The molecule has 3 rings (SSSR count). The van der Waals surface area contributed by atoms with E-state index in [9.17, 15) is 10.1 Å². The van der Waals surface area contributed by atoms with E-state index in [1.807, 2.05) is 18.2 Å². The Balaban J connectivity index is 1.46. The average Bonchev–Trinajstić information content (AvgIpc) is 2.71. The predicted octanol–water partition coefficient (Wildman–Crippen LogP) is 4.40. The number of halogens is 2. The average molecular weight is 433 g/mol. The van der Waals surface area contributed by atoms with Crippen LogP contribution in [0.2, 0.25) is 10.0 Å². The Morgan fingerprint density at radius 1 is 1.00 bits per heavy atom. The quantitative estimate of drug-likeness (QED) is 0.293. The molecule has 150 valence electrons. The summed E-state index contributed by atoms with van der Waals surface area (Å²) in [6.07, 6.45) is 4.40. The molecule has 0 atom stereocenters. The molecule has 0 saturated carbocycles. The molecule has 0 unspecified atom stereocenters. The van der Waals surface area contributed by atoms with Crippen molar-refractivity contribution in [2.45, 2.75) is 12.8 Å². The van der Waals surface area contributed by atoms with Gasteiger partial charge in [-0.2, -0.15) is 0 Å². The fraction of sp³-hybridized carbons (Fsp3) is 0.211. The molecule has 0 aliphatic heterocycles. The Morgan fingerprint density at radius 3 is 2.55 bits per heavy atom. The van der Waals surface area contributed by atoms with Crippen molar-refractivity contribution in [2.75, 3.05) is 23.7 Å². The van der Waals surface area contributed by atoms with Crippen LogP contribution in [0.3, 0.4) is 0 Å². The number of nitrogens with zero attached hydrogens (tertiary/aromatic N) is 4. The van der Waals surface area contributed by atoms with Crippen LogP contribution in [-0.4, -0.2) is 33.0 Å². The molecule has 2 heterocycles. The van der Waals surface area contributed by atoms with Gasteiger partial charge in [-0.25, -0.2) is 15.0 Å². The Bertz CT molecular complexity index is 985. The van der Waals surface area contributed by atoms with E-state index in [0.717, 1.165) is 24.1 Å². The first kappa shape index (κ1) is 20.8. The van der Waals surface area contributed by atoms with E-state index in [0.29, 0.717) is 34.9 Å². The van der Waals surface area contributed by atoms with Crippen LogP contribution in [0.4, 0.5) is 17.5 Å². The third kappa shape index (κ3) is 6.27. The number of nitrogens with one attached hydrogen (secondary N) is 2. The van der Waals surface area contributed by atoms with Crippen LogP contribution < -0.4 is 10.6 Å². The highest BCUT2D eigenvalue weighted by Gasteiger charge is 2.06. The Labute approximate surface area is 177 Å². The third-order valence-corrected chi connectivity index (χ3v) is 4.64. The van der Waals surface area contributed by atoms with Crippen LogP contribution in [0.25, 0.3) is 0 Å². The third-order valence-electron chi connectivity index (χ3n) is 4.05. The molecule has 0 amide bonds. The van der Waals surface area contributed by atoms with Crippen molar-refractivity contribution < 1.29 is 4.92 Å². The number of aryl methyl sites for hydroxylation is 2. The zero-order valence-corrected chi connectivity index (χ0v) is 16.8. The van der Waals surface area contributed by atoms with E-state index in [-0.39, 0.29) is 5.69 Å².